The Hall–Kier alpha value is -2.95. The molecule has 1 amide bonds. The van der Waals surface area contributed by atoms with Gasteiger partial charge < -0.3 is 5.32 Å². The Labute approximate surface area is 144 Å². The Morgan fingerprint density at radius 3 is 3.08 bits per heavy atom. The maximum absolute atomic E-state index is 14.2. The fourth-order valence-electron chi connectivity index (χ4n) is 3.48. The topological polar surface area (TPSA) is 57.8 Å². The number of hydrogen-bond donors (Lipinski definition) is 2. The number of H-pyrrole nitrogens is 1. The van der Waals surface area contributed by atoms with Crippen LogP contribution in [0.4, 0.5) is 4.39 Å². The molecule has 1 aliphatic carbocycles. The predicted octanol–water partition coefficient (Wildman–Crippen LogP) is 3.83. The zero-order valence-corrected chi connectivity index (χ0v) is 13.8. The van der Waals surface area contributed by atoms with Crippen molar-refractivity contribution in [3.63, 3.8) is 0 Å². The van der Waals surface area contributed by atoms with Crippen molar-refractivity contribution in [1.82, 2.24) is 15.5 Å². The van der Waals surface area contributed by atoms with Crippen LogP contribution in [0.3, 0.4) is 0 Å². The Balaban J connectivity index is 1.50. The third-order valence-electron chi connectivity index (χ3n) is 4.69. The molecule has 1 aliphatic rings. The van der Waals surface area contributed by atoms with Gasteiger partial charge in [-0.25, -0.2) is 4.39 Å². The number of hydrogen-bond acceptors (Lipinski definition) is 2. The number of nitrogens with one attached hydrogen (secondary N) is 2. The average molecular weight is 335 g/mol. The molecule has 0 aliphatic heterocycles. The van der Waals surface area contributed by atoms with E-state index in [-0.39, 0.29) is 17.8 Å². The SMILES string of the molecule is Cc1n[nH]c2cc(/C=C/C(=O)NC3CCc4ccccc43)cc(F)c12. The summed E-state index contributed by atoms with van der Waals surface area (Å²) in [6, 6.07) is 11.4. The molecule has 0 fully saturated rings. The molecule has 3 aromatic rings. The molecule has 0 saturated carbocycles. The standard InChI is InChI=1S/C20H18FN3O/c1-12-20-16(21)10-13(11-18(20)24-23-12)6-9-19(25)22-17-8-7-14-4-2-3-5-15(14)17/h2-6,9-11,17H,7-8H2,1H3,(H,22,25)(H,23,24)/b9-6+. The van der Waals surface area contributed by atoms with Crippen molar-refractivity contribution in [3.8, 4) is 0 Å². The second kappa shape index (κ2) is 6.16. The van der Waals surface area contributed by atoms with Crippen molar-refractivity contribution in [2.75, 3.05) is 0 Å². The van der Waals surface area contributed by atoms with E-state index >= 15 is 0 Å². The largest absolute Gasteiger partial charge is 0.346 e. The van der Waals surface area contributed by atoms with Gasteiger partial charge in [0.1, 0.15) is 5.82 Å². The van der Waals surface area contributed by atoms with Crippen molar-refractivity contribution in [2.45, 2.75) is 25.8 Å². The van der Waals surface area contributed by atoms with Gasteiger partial charge in [-0.1, -0.05) is 24.3 Å². The molecule has 4 nitrogen and oxygen atoms in total. The number of aryl methyl sites for hydroxylation is 2. The number of aromatic amines is 1. The number of fused-ring (bicyclic) bond motifs is 2. The highest BCUT2D eigenvalue weighted by Crippen LogP contribution is 2.30. The van der Waals surface area contributed by atoms with Gasteiger partial charge in [-0.15, -0.1) is 0 Å². The summed E-state index contributed by atoms with van der Waals surface area (Å²) >= 11 is 0. The Morgan fingerprint density at radius 2 is 2.20 bits per heavy atom. The number of nitrogens with zero attached hydrogens (tertiary/aromatic N) is 1. The number of aromatic nitrogens is 2. The lowest BCUT2D eigenvalue weighted by molar-refractivity contribution is -0.117. The maximum atomic E-state index is 14.2. The average Bonchev–Trinajstić information content (AvgIpc) is 3.18. The molecule has 126 valence electrons. The molecule has 1 unspecified atom stereocenters. The van der Waals surface area contributed by atoms with E-state index in [1.54, 1.807) is 19.1 Å². The molecule has 0 spiro atoms. The molecule has 1 heterocycles. The van der Waals surface area contributed by atoms with Crippen LogP contribution in [0.1, 0.15) is 34.8 Å². The molecule has 2 N–H and O–H groups in total. The van der Waals surface area contributed by atoms with Gasteiger partial charge in [0.15, 0.2) is 0 Å². The van der Waals surface area contributed by atoms with Gasteiger partial charge in [0, 0.05) is 6.08 Å². The van der Waals surface area contributed by atoms with Crippen molar-refractivity contribution < 1.29 is 9.18 Å². The van der Waals surface area contributed by atoms with Gasteiger partial charge >= 0.3 is 0 Å². The van der Waals surface area contributed by atoms with Crippen molar-refractivity contribution in [2.24, 2.45) is 0 Å². The van der Waals surface area contributed by atoms with E-state index in [9.17, 15) is 9.18 Å². The maximum Gasteiger partial charge on any atom is 0.244 e. The first-order valence-electron chi connectivity index (χ1n) is 8.32. The molecule has 2 aromatic carbocycles. The minimum atomic E-state index is -0.339. The number of benzene rings is 2. The summed E-state index contributed by atoms with van der Waals surface area (Å²) in [4.78, 5) is 12.2. The molecular formula is C20H18FN3O. The fourth-order valence-corrected chi connectivity index (χ4v) is 3.48. The van der Waals surface area contributed by atoms with Crippen molar-refractivity contribution in [3.05, 3.63) is 70.7 Å². The fraction of sp³-hybridized carbons (Fsp3) is 0.200. The number of carbonyl (C=O) groups excluding carboxylic acids is 1. The Morgan fingerprint density at radius 1 is 1.36 bits per heavy atom. The quantitative estimate of drug-likeness (QED) is 0.715. The second-order valence-electron chi connectivity index (χ2n) is 6.37. The van der Waals surface area contributed by atoms with Crippen LogP contribution in [0.2, 0.25) is 0 Å². The molecule has 0 saturated heterocycles. The minimum absolute atomic E-state index is 0.0443. The van der Waals surface area contributed by atoms with Crippen LogP contribution in [0, 0.1) is 12.7 Å². The number of halogens is 1. The molecular weight excluding hydrogens is 317 g/mol. The van der Waals surface area contributed by atoms with E-state index in [0.717, 1.165) is 12.8 Å². The van der Waals surface area contributed by atoms with Crippen LogP contribution in [0.25, 0.3) is 17.0 Å². The Kier molecular flexibility index (Phi) is 3.84. The normalized spacial score (nSPS) is 16.5. The van der Waals surface area contributed by atoms with E-state index in [0.29, 0.717) is 22.2 Å². The van der Waals surface area contributed by atoms with Crippen molar-refractivity contribution >= 4 is 22.9 Å². The first-order chi connectivity index (χ1) is 12.1. The molecule has 25 heavy (non-hydrogen) atoms. The monoisotopic (exact) mass is 335 g/mol. The van der Waals surface area contributed by atoms with E-state index in [1.165, 1.54) is 23.3 Å². The Bertz CT molecular complexity index is 990. The summed E-state index contributed by atoms with van der Waals surface area (Å²) in [5, 5.41) is 10.3. The third kappa shape index (κ3) is 2.93. The highest BCUT2D eigenvalue weighted by atomic mass is 19.1. The first-order valence-corrected chi connectivity index (χ1v) is 8.32. The van der Waals surface area contributed by atoms with Gasteiger partial charge in [-0.05, 0) is 54.7 Å². The van der Waals surface area contributed by atoms with Crippen LogP contribution in [0.15, 0.2) is 42.5 Å². The van der Waals surface area contributed by atoms with Crippen LogP contribution in [-0.4, -0.2) is 16.1 Å². The minimum Gasteiger partial charge on any atom is -0.346 e. The summed E-state index contributed by atoms with van der Waals surface area (Å²) in [6.07, 6.45) is 4.96. The van der Waals surface area contributed by atoms with Gasteiger partial charge in [0.05, 0.1) is 22.6 Å². The van der Waals surface area contributed by atoms with Gasteiger partial charge in [0.25, 0.3) is 0 Å². The molecule has 0 bridgehead atoms. The van der Waals surface area contributed by atoms with Crippen molar-refractivity contribution in [1.29, 1.82) is 0 Å². The second-order valence-corrected chi connectivity index (χ2v) is 6.37. The molecule has 0 radical (unpaired) electrons. The molecule has 5 heteroatoms. The van der Waals surface area contributed by atoms with E-state index in [2.05, 4.69) is 27.6 Å². The molecule has 4 rings (SSSR count). The van der Waals surface area contributed by atoms with Gasteiger partial charge in [-0.3, -0.25) is 9.89 Å². The number of rotatable bonds is 3. The zero-order chi connectivity index (χ0) is 17.4. The predicted molar refractivity (Wildman–Crippen MR) is 95.5 cm³/mol. The van der Waals surface area contributed by atoms with Gasteiger partial charge in [0.2, 0.25) is 5.91 Å². The van der Waals surface area contributed by atoms with E-state index < -0.39 is 0 Å². The summed E-state index contributed by atoms with van der Waals surface area (Å²) < 4.78 is 14.2. The lowest BCUT2D eigenvalue weighted by Crippen LogP contribution is -2.25. The third-order valence-corrected chi connectivity index (χ3v) is 4.69. The number of carbonyl (C=O) groups is 1. The van der Waals surface area contributed by atoms with Crippen LogP contribution in [0.5, 0.6) is 0 Å². The summed E-state index contributed by atoms with van der Waals surface area (Å²) in [5.41, 5.74) is 4.35. The lowest BCUT2D eigenvalue weighted by Gasteiger charge is -2.12. The summed E-state index contributed by atoms with van der Waals surface area (Å²) in [6.45, 7) is 1.75. The zero-order valence-electron chi connectivity index (χ0n) is 13.8. The number of amides is 1. The molecule has 1 aromatic heterocycles. The van der Waals surface area contributed by atoms with Crippen LogP contribution < -0.4 is 5.32 Å². The van der Waals surface area contributed by atoms with Crippen LogP contribution >= 0.6 is 0 Å². The highest BCUT2D eigenvalue weighted by molar-refractivity contribution is 5.93. The van der Waals surface area contributed by atoms with Crippen LogP contribution in [-0.2, 0) is 11.2 Å². The van der Waals surface area contributed by atoms with E-state index in [4.69, 9.17) is 0 Å². The molecule has 1 atom stereocenters. The van der Waals surface area contributed by atoms with Gasteiger partial charge in [-0.2, -0.15) is 5.10 Å². The summed E-state index contributed by atoms with van der Waals surface area (Å²) in [7, 11) is 0. The smallest absolute Gasteiger partial charge is 0.244 e. The highest BCUT2D eigenvalue weighted by Gasteiger charge is 2.22. The van der Waals surface area contributed by atoms with E-state index in [1.807, 2.05) is 12.1 Å². The summed E-state index contributed by atoms with van der Waals surface area (Å²) in [5.74, 6) is -0.517. The lowest BCUT2D eigenvalue weighted by atomic mass is 10.1. The first kappa shape index (κ1) is 15.6.